The summed E-state index contributed by atoms with van der Waals surface area (Å²) in [6, 6.07) is 24.0. The molecule has 3 aromatic rings. The van der Waals surface area contributed by atoms with E-state index >= 15 is 0 Å². The van der Waals surface area contributed by atoms with Crippen molar-refractivity contribution >= 4 is 10.8 Å². The molecule has 0 radical (unpaired) electrons. The maximum absolute atomic E-state index is 11.8. The number of rotatable bonds is 7. The van der Waals surface area contributed by atoms with E-state index in [2.05, 4.69) is 29.6 Å². The van der Waals surface area contributed by atoms with Crippen molar-refractivity contribution < 1.29 is 13.7 Å². The summed E-state index contributed by atoms with van der Waals surface area (Å²) in [7, 11) is 4.25. The molecule has 0 spiro atoms. The second kappa shape index (κ2) is 8.59. The number of ether oxygens (including phenoxy) is 2. The predicted molar refractivity (Wildman–Crippen MR) is 114 cm³/mol. The summed E-state index contributed by atoms with van der Waals surface area (Å²) in [6.45, 7) is 0. The zero-order valence-electron chi connectivity index (χ0n) is 16.6. The Morgan fingerprint density at radius 3 is 1.36 bits per heavy atom. The van der Waals surface area contributed by atoms with E-state index in [1.165, 1.54) is 0 Å². The fraction of sp³-hybridized carbons (Fsp3) is 0.217. The molecule has 4 nitrogen and oxygen atoms in total. The topological polar surface area (TPSA) is 47.6 Å². The minimum absolute atomic E-state index is 0.577. The third-order valence-corrected chi connectivity index (χ3v) is 5.98. The van der Waals surface area contributed by atoms with Crippen LogP contribution in [0.4, 0.5) is 0 Å². The molecule has 0 saturated carbocycles. The lowest BCUT2D eigenvalue weighted by Gasteiger charge is -2.36. The molecular weight excluding hydrogens is 370 g/mol. The third-order valence-electron chi connectivity index (χ3n) is 5.04. The molecule has 28 heavy (non-hydrogen) atoms. The van der Waals surface area contributed by atoms with Gasteiger partial charge in [-0.05, 0) is 60.1 Å². The SMILES string of the molecule is CNC(c1ccc(OC)cc1)(c1ccc(OC)cc1)c1ccc(S(C)=O)cc1. The maximum Gasteiger partial charge on any atom is 0.118 e. The average molecular weight is 396 g/mol. The highest BCUT2D eigenvalue weighted by Gasteiger charge is 2.35. The van der Waals surface area contributed by atoms with Crippen molar-refractivity contribution in [3.8, 4) is 11.5 Å². The highest BCUT2D eigenvalue weighted by Crippen LogP contribution is 2.38. The molecule has 0 amide bonds. The Kier molecular flexibility index (Phi) is 6.17. The second-order valence-electron chi connectivity index (χ2n) is 6.44. The molecule has 0 aliphatic rings. The van der Waals surface area contributed by atoms with E-state index in [0.29, 0.717) is 0 Å². The third kappa shape index (κ3) is 3.68. The number of hydrogen-bond donors (Lipinski definition) is 1. The fourth-order valence-corrected chi connectivity index (χ4v) is 4.03. The van der Waals surface area contributed by atoms with E-state index in [1.807, 2.05) is 55.6 Å². The fourth-order valence-electron chi connectivity index (χ4n) is 3.51. The molecule has 1 atom stereocenters. The van der Waals surface area contributed by atoms with Gasteiger partial charge >= 0.3 is 0 Å². The lowest BCUT2D eigenvalue weighted by atomic mass is 9.77. The van der Waals surface area contributed by atoms with Gasteiger partial charge in [0.2, 0.25) is 0 Å². The van der Waals surface area contributed by atoms with Gasteiger partial charge in [0.25, 0.3) is 0 Å². The van der Waals surface area contributed by atoms with Gasteiger partial charge in [0, 0.05) is 22.0 Å². The molecule has 0 saturated heterocycles. The van der Waals surface area contributed by atoms with Gasteiger partial charge in [0.1, 0.15) is 11.5 Å². The van der Waals surface area contributed by atoms with Gasteiger partial charge in [-0.3, -0.25) is 4.21 Å². The van der Waals surface area contributed by atoms with E-state index in [1.54, 1.807) is 20.5 Å². The van der Waals surface area contributed by atoms with Gasteiger partial charge in [-0.15, -0.1) is 0 Å². The summed E-state index contributed by atoms with van der Waals surface area (Å²) in [6.07, 6.45) is 1.69. The van der Waals surface area contributed by atoms with Crippen LogP contribution < -0.4 is 14.8 Å². The summed E-state index contributed by atoms with van der Waals surface area (Å²) in [4.78, 5) is 0.804. The molecule has 0 aliphatic heterocycles. The van der Waals surface area contributed by atoms with Gasteiger partial charge < -0.3 is 14.8 Å². The summed E-state index contributed by atoms with van der Waals surface area (Å²) >= 11 is 0. The first-order valence-corrected chi connectivity index (χ1v) is 10.5. The summed E-state index contributed by atoms with van der Waals surface area (Å²) in [5.74, 6) is 1.61. The van der Waals surface area contributed by atoms with Gasteiger partial charge in [0.15, 0.2) is 0 Å². The molecule has 3 aromatic carbocycles. The molecular formula is C23H25NO3S. The van der Waals surface area contributed by atoms with Crippen LogP contribution in [0.3, 0.4) is 0 Å². The summed E-state index contributed by atoms with van der Waals surface area (Å²) in [5.41, 5.74) is 2.63. The van der Waals surface area contributed by atoms with Crippen LogP contribution in [0, 0.1) is 0 Å². The molecule has 0 heterocycles. The first kappa shape index (κ1) is 20.1. The van der Waals surface area contributed by atoms with Gasteiger partial charge in [0.05, 0.1) is 19.8 Å². The number of nitrogens with one attached hydrogen (secondary N) is 1. The van der Waals surface area contributed by atoms with Crippen molar-refractivity contribution in [2.75, 3.05) is 27.5 Å². The average Bonchev–Trinajstić information content (AvgIpc) is 2.76. The van der Waals surface area contributed by atoms with Crippen LogP contribution in [0.2, 0.25) is 0 Å². The highest BCUT2D eigenvalue weighted by molar-refractivity contribution is 7.84. The molecule has 146 valence electrons. The monoisotopic (exact) mass is 395 g/mol. The van der Waals surface area contributed by atoms with E-state index in [4.69, 9.17) is 9.47 Å². The molecule has 0 bridgehead atoms. The minimum atomic E-state index is -1.02. The smallest absolute Gasteiger partial charge is 0.118 e. The van der Waals surface area contributed by atoms with Crippen molar-refractivity contribution in [1.82, 2.24) is 5.32 Å². The quantitative estimate of drug-likeness (QED) is 0.616. The number of hydrogen-bond acceptors (Lipinski definition) is 4. The van der Waals surface area contributed by atoms with Gasteiger partial charge in [-0.2, -0.15) is 0 Å². The zero-order valence-corrected chi connectivity index (χ0v) is 17.4. The predicted octanol–water partition coefficient (Wildman–Crippen LogP) is 3.95. The Labute approximate surface area is 169 Å². The minimum Gasteiger partial charge on any atom is -0.497 e. The molecule has 1 N–H and O–H groups in total. The van der Waals surface area contributed by atoms with Crippen molar-refractivity contribution in [2.45, 2.75) is 10.4 Å². The molecule has 1 unspecified atom stereocenters. The van der Waals surface area contributed by atoms with Crippen LogP contribution in [0.15, 0.2) is 77.7 Å². The lowest BCUT2D eigenvalue weighted by molar-refractivity contribution is 0.413. The number of methoxy groups -OCH3 is 2. The Hall–Kier alpha value is -2.63. The van der Waals surface area contributed by atoms with Crippen LogP contribution in [0.5, 0.6) is 11.5 Å². The molecule has 5 heteroatoms. The zero-order chi connectivity index (χ0) is 20.1. The first-order chi connectivity index (χ1) is 13.5. The molecule has 0 fully saturated rings. The molecule has 3 rings (SSSR count). The Morgan fingerprint density at radius 1 is 0.714 bits per heavy atom. The van der Waals surface area contributed by atoms with Gasteiger partial charge in [-0.1, -0.05) is 36.4 Å². The Bertz CT molecular complexity index is 888. The first-order valence-electron chi connectivity index (χ1n) is 8.97. The Balaban J connectivity index is 2.21. The van der Waals surface area contributed by atoms with Gasteiger partial charge in [-0.25, -0.2) is 0 Å². The maximum atomic E-state index is 11.8. The standard InChI is InChI=1S/C23H25NO3S/c1-24-23(17-5-11-20(26-2)12-6-17,18-7-13-21(27-3)14-8-18)19-9-15-22(16-10-19)28(4)25/h5-16,24H,1-4H3. The molecule has 0 aliphatic carbocycles. The van der Waals surface area contributed by atoms with Crippen molar-refractivity contribution in [3.05, 3.63) is 89.5 Å². The number of benzene rings is 3. The van der Waals surface area contributed by atoms with E-state index < -0.39 is 16.3 Å². The van der Waals surface area contributed by atoms with E-state index in [0.717, 1.165) is 33.1 Å². The van der Waals surface area contributed by atoms with Crippen molar-refractivity contribution in [2.24, 2.45) is 0 Å². The van der Waals surface area contributed by atoms with Crippen molar-refractivity contribution in [1.29, 1.82) is 0 Å². The van der Waals surface area contributed by atoms with Crippen LogP contribution in [0.25, 0.3) is 0 Å². The summed E-state index contributed by atoms with van der Waals surface area (Å²) < 4.78 is 22.5. The molecule has 0 aromatic heterocycles. The van der Waals surface area contributed by atoms with Crippen LogP contribution in [-0.4, -0.2) is 31.7 Å². The van der Waals surface area contributed by atoms with Crippen molar-refractivity contribution in [3.63, 3.8) is 0 Å². The van der Waals surface area contributed by atoms with Crippen LogP contribution in [0.1, 0.15) is 16.7 Å². The van der Waals surface area contributed by atoms with E-state index in [9.17, 15) is 4.21 Å². The largest absolute Gasteiger partial charge is 0.497 e. The van der Waals surface area contributed by atoms with Crippen LogP contribution >= 0.6 is 0 Å². The Morgan fingerprint density at radius 2 is 1.07 bits per heavy atom. The second-order valence-corrected chi connectivity index (χ2v) is 7.82. The summed E-state index contributed by atoms with van der Waals surface area (Å²) in [5, 5.41) is 3.53. The van der Waals surface area contributed by atoms with E-state index in [-0.39, 0.29) is 0 Å². The van der Waals surface area contributed by atoms with Crippen LogP contribution in [-0.2, 0) is 16.3 Å². The lowest BCUT2D eigenvalue weighted by Crippen LogP contribution is -2.42. The highest BCUT2D eigenvalue weighted by atomic mass is 32.2. The normalized spacial score (nSPS) is 12.4.